The number of hydrogen-bond donors (Lipinski definition) is 1. The molecule has 0 aliphatic carbocycles. The van der Waals surface area contributed by atoms with Gasteiger partial charge in [0.15, 0.2) is 5.82 Å². The normalized spacial score (nSPS) is 13.4. The van der Waals surface area contributed by atoms with Gasteiger partial charge in [-0.05, 0) is 23.1 Å². The monoisotopic (exact) mass is 278 g/mol. The molecule has 0 amide bonds. The molecule has 0 bridgehead atoms. The minimum absolute atomic E-state index is 0.239. The Hall–Kier alpha value is -1.75. The zero-order valence-electron chi connectivity index (χ0n) is 11.9. The van der Waals surface area contributed by atoms with Gasteiger partial charge in [0.1, 0.15) is 5.82 Å². The Balaban J connectivity index is 2.02. The van der Waals surface area contributed by atoms with Crippen LogP contribution in [-0.2, 0) is 12.8 Å². The molecule has 20 heavy (non-hydrogen) atoms. The van der Waals surface area contributed by atoms with E-state index in [0.717, 1.165) is 5.56 Å². The van der Waals surface area contributed by atoms with Crippen LogP contribution in [0.3, 0.4) is 0 Å². The average molecular weight is 278 g/mol. The van der Waals surface area contributed by atoms with E-state index in [2.05, 4.69) is 10.1 Å². The molecule has 1 aromatic heterocycles. The van der Waals surface area contributed by atoms with Crippen molar-refractivity contribution in [2.24, 2.45) is 5.41 Å². The maximum absolute atomic E-state index is 13.1. The third-order valence-corrected chi connectivity index (χ3v) is 3.13. The van der Waals surface area contributed by atoms with E-state index >= 15 is 0 Å². The molecule has 1 heterocycles. The lowest BCUT2D eigenvalue weighted by molar-refractivity contribution is 0.0565. The molecule has 0 saturated heterocycles. The number of aliphatic hydroxyl groups is 1. The van der Waals surface area contributed by atoms with E-state index in [1.165, 1.54) is 12.1 Å². The van der Waals surface area contributed by atoms with Crippen LogP contribution in [0.5, 0.6) is 0 Å². The highest BCUT2D eigenvalue weighted by Gasteiger charge is 2.24. The summed E-state index contributed by atoms with van der Waals surface area (Å²) in [7, 11) is 0. The van der Waals surface area contributed by atoms with Crippen LogP contribution in [0.4, 0.5) is 4.39 Å². The average Bonchev–Trinajstić information content (AvgIpc) is 2.75. The third kappa shape index (κ3) is 3.87. The van der Waals surface area contributed by atoms with Crippen molar-refractivity contribution in [1.82, 2.24) is 10.1 Å². The fourth-order valence-electron chi connectivity index (χ4n) is 1.75. The number of aliphatic hydroxyl groups excluding tert-OH is 1. The molecule has 0 saturated carbocycles. The van der Waals surface area contributed by atoms with Crippen LogP contribution in [0, 0.1) is 11.2 Å². The summed E-state index contributed by atoms with van der Waals surface area (Å²) in [5.74, 6) is 0.611. The van der Waals surface area contributed by atoms with Crippen molar-refractivity contribution in [2.45, 2.75) is 39.7 Å². The van der Waals surface area contributed by atoms with Crippen LogP contribution in [0.2, 0.25) is 0 Å². The van der Waals surface area contributed by atoms with E-state index in [9.17, 15) is 9.50 Å². The number of benzene rings is 1. The van der Waals surface area contributed by atoms with E-state index < -0.39 is 6.10 Å². The van der Waals surface area contributed by atoms with E-state index in [-0.39, 0.29) is 11.2 Å². The van der Waals surface area contributed by atoms with Gasteiger partial charge in [0.2, 0.25) is 5.89 Å². The molecule has 108 valence electrons. The summed E-state index contributed by atoms with van der Waals surface area (Å²) >= 11 is 0. The second-order valence-electron chi connectivity index (χ2n) is 6.00. The first-order valence-corrected chi connectivity index (χ1v) is 6.58. The number of rotatable bonds is 4. The fourth-order valence-corrected chi connectivity index (χ4v) is 1.75. The van der Waals surface area contributed by atoms with Crippen molar-refractivity contribution in [3.05, 3.63) is 47.4 Å². The summed E-state index contributed by atoms with van der Waals surface area (Å²) < 4.78 is 18.2. The largest absolute Gasteiger partial charge is 0.392 e. The minimum atomic E-state index is -0.551. The molecule has 0 aliphatic rings. The molecule has 2 aromatic rings. The summed E-state index contributed by atoms with van der Waals surface area (Å²) in [4.78, 5) is 4.23. The Bertz CT molecular complexity index is 575. The Morgan fingerprint density at radius 1 is 1.35 bits per heavy atom. The number of nitrogens with zero attached hydrogens (tertiary/aromatic N) is 2. The maximum Gasteiger partial charge on any atom is 0.229 e. The van der Waals surface area contributed by atoms with Crippen LogP contribution in [-0.4, -0.2) is 21.4 Å². The SMILES string of the molecule is CC(C)(C)C(O)Cc1nc(Cc2cccc(F)c2)no1. The number of hydrogen-bond acceptors (Lipinski definition) is 4. The first kappa shape index (κ1) is 14.7. The Labute approximate surface area is 117 Å². The smallest absolute Gasteiger partial charge is 0.229 e. The molecule has 0 aliphatic heterocycles. The van der Waals surface area contributed by atoms with Gasteiger partial charge in [-0.2, -0.15) is 4.98 Å². The van der Waals surface area contributed by atoms with Crippen molar-refractivity contribution in [3.8, 4) is 0 Å². The number of aromatic nitrogens is 2. The van der Waals surface area contributed by atoms with Crippen LogP contribution in [0.25, 0.3) is 0 Å². The highest BCUT2D eigenvalue weighted by atomic mass is 19.1. The van der Waals surface area contributed by atoms with Crippen LogP contribution < -0.4 is 0 Å². The maximum atomic E-state index is 13.1. The number of halogens is 1. The van der Waals surface area contributed by atoms with Gasteiger partial charge < -0.3 is 9.63 Å². The molecule has 1 atom stereocenters. The van der Waals surface area contributed by atoms with Crippen molar-refractivity contribution in [2.75, 3.05) is 0 Å². The van der Waals surface area contributed by atoms with Gasteiger partial charge in [-0.15, -0.1) is 0 Å². The highest BCUT2D eigenvalue weighted by Crippen LogP contribution is 2.22. The topological polar surface area (TPSA) is 59.2 Å². The van der Waals surface area contributed by atoms with Gasteiger partial charge in [0.05, 0.1) is 12.5 Å². The highest BCUT2D eigenvalue weighted by molar-refractivity contribution is 5.19. The summed E-state index contributed by atoms with van der Waals surface area (Å²) in [6, 6.07) is 6.29. The lowest BCUT2D eigenvalue weighted by Crippen LogP contribution is -2.28. The lowest BCUT2D eigenvalue weighted by Gasteiger charge is -2.24. The first-order chi connectivity index (χ1) is 9.34. The van der Waals surface area contributed by atoms with Crippen molar-refractivity contribution >= 4 is 0 Å². The second-order valence-corrected chi connectivity index (χ2v) is 6.00. The van der Waals surface area contributed by atoms with Gasteiger partial charge in [-0.25, -0.2) is 4.39 Å². The molecule has 1 N–H and O–H groups in total. The Morgan fingerprint density at radius 2 is 2.10 bits per heavy atom. The molecular formula is C15H19FN2O2. The summed E-state index contributed by atoms with van der Waals surface area (Å²) in [6.07, 6.45) is 0.178. The van der Waals surface area contributed by atoms with Crippen LogP contribution in [0.15, 0.2) is 28.8 Å². The van der Waals surface area contributed by atoms with Crippen molar-refractivity contribution < 1.29 is 14.0 Å². The minimum Gasteiger partial charge on any atom is -0.392 e. The summed E-state index contributed by atoms with van der Waals surface area (Å²) in [5, 5.41) is 13.9. The molecule has 2 rings (SSSR count). The predicted octanol–water partition coefficient (Wildman–Crippen LogP) is 2.75. The molecular weight excluding hydrogens is 259 g/mol. The van der Waals surface area contributed by atoms with Crippen LogP contribution >= 0.6 is 0 Å². The van der Waals surface area contributed by atoms with E-state index in [1.807, 2.05) is 26.8 Å². The lowest BCUT2D eigenvalue weighted by atomic mass is 9.87. The first-order valence-electron chi connectivity index (χ1n) is 6.58. The predicted molar refractivity (Wildman–Crippen MR) is 72.7 cm³/mol. The zero-order chi connectivity index (χ0) is 14.8. The molecule has 1 aromatic carbocycles. The Kier molecular flexibility index (Phi) is 4.18. The molecule has 0 fully saturated rings. The summed E-state index contributed by atoms with van der Waals surface area (Å²) in [5.41, 5.74) is 0.547. The van der Waals surface area contributed by atoms with E-state index in [1.54, 1.807) is 6.07 Å². The second kappa shape index (κ2) is 5.71. The van der Waals surface area contributed by atoms with Crippen molar-refractivity contribution in [1.29, 1.82) is 0 Å². The fraction of sp³-hybridized carbons (Fsp3) is 0.467. The molecule has 4 nitrogen and oxygen atoms in total. The zero-order valence-corrected chi connectivity index (χ0v) is 11.9. The molecule has 0 radical (unpaired) electrons. The van der Waals surface area contributed by atoms with E-state index in [0.29, 0.717) is 24.6 Å². The third-order valence-electron chi connectivity index (χ3n) is 3.13. The quantitative estimate of drug-likeness (QED) is 0.934. The van der Waals surface area contributed by atoms with Gasteiger partial charge in [0, 0.05) is 6.42 Å². The van der Waals surface area contributed by atoms with Gasteiger partial charge in [-0.3, -0.25) is 0 Å². The van der Waals surface area contributed by atoms with Gasteiger partial charge >= 0.3 is 0 Å². The van der Waals surface area contributed by atoms with Crippen LogP contribution in [0.1, 0.15) is 38.0 Å². The molecule has 0 spiro atoms. The van der Waals surface area contributed by atoms with Gasteiger partial charge in [0.25, 0.3) is 0 Å². The standard InChI is InChI=1S/C15H19FN2O2/c1-15(2,3)12(19)9-14-17-13(18-20-14)8-10-5-4-6-11(16)7-10/h4-7,12,19H,8-9H2,1-3H3. The van der Waals surface area contributed by atoms with E-state index in [4.69, 9.17) is 4.52 Å². The molecule has 1 unspecified atom stereocenters. The summed E-state index contributed by atoms with van der Waals surface area (Å²) in [6.45, 7) is 5.84. The van der Waals surface area contributed by atoms with Gasteiger partial charge in [-0.1, -0.05) is 38.1 Å². The molecule has 5 heteroatoms. The van der Waals surface area contributed by atoms with Crippen molar-refractivity contribution in [3.63, 3.8) is 0 Å². The Morgan fingerprint density at radius 3 is 2.75 bits per heavy atom.